The van der Waals surface area contributed by atoms with Crippen LogP contribution in [0.3, 0.4) is 0 Å². The van der Waals surface area contributed by atoms with Crippen molar-refractivity contribution in [2.45, 2.75) is 25.8 Å². The summed E-state index contributed by atoms with van der Waals surface area (Å²) in [5, 5.41) is 8.63. The molecule has 0 aliphatic carbocycles. The van der Waals surface area contributed by atoms with Gasteiger partial charge in [-0.05, 0) is 12.5 Å². The van der Waals surface area contributed by atoms with E-state index in [0.717, 1.165) is 18.5 Å². The van der Waals surface area contributed by atoms with Gasteiger partial charge in [0.1, 0.15) is 0 Å². The Hall–Kier alpha value is -1.42. The van der Waals surface area contributed by atoms with Gasteiger partial charge in [0.25, 0.3) is 0 Å². The molecular weight excluding hydrogens is 224 g/mol. The van der Waals surface area contributed by atoms with Gasteiger partial charge in [0.15, 0.2) is 0 Å². The van der Waals surface area contributed by atoms with Gasteiger partial charge in [0, 0.05) is 12.4 Å². The van der Waals surface area contributed by atoms with Crippen LogP contribution in [0.15, 0.2) is 31.0 Å². The molecule has 0 aliphatic rings. The third-order valence-electron chi connectivity index (χ3n) is 2.43. The average Bonchev–Trinajstić information content (AvgIpc) is 2.79. The van der Waals surface area contributed by atoms with E-state index in [0.29, 0.717) is 5.02 Å². The SMILES string of the molecule is CCCC(c1cc(Cl)cnn1)n1ccnc1. The fourth-order valence-corrected chi connectivity index (χ4v) is 1.85. The molecule has 0 N–H and O–H groups in total. The summed E-state index contributed by atoms with van der Waals surface area (Å²) in [5.74, 6) is 0. The Bertz CT molecular complexity index is 441. The van der Waals surface area contributed by atoms with Crippen LogP contribution in [0.25, 0.3) is 0 Å². The molecule has 0 fully saturated rings. The van der Waals surface area contributed by atoms with Crippen molar-refractivity contribution in [1.29, 1.82) is 0 Å². The smallest absolute Gasteiger partial charge is 0.0952 e. The van der Waals surface area contributed by atoms with E-state index in [1.165, 1.54) is 0 Å². The molecule has 0 saturated carbocycles. The topological polar surface area (TPSA) is 43.6 Å². The van der Waals surface area contributed by atoms with Crippen LogP contribution in [0.1, 0.15) is 31.5 Å². The lowest BCUT2D eigenvalue weighted by Gasteiger charge is -2.16. The highest BCUT2D eigenvalue weighted by Crippen LogP contribution is 2.22. The Labute approximate surface area is 99.3 Å². The lowest BCUT2D eigenvalue weighted by molar-refractivity contribution is 0.514. The van der Waals surface area contributed by atoms with Gasteiger partial charge in [0.05, 0.1) is 29.3 Å². The van der Waals surface area contributed by atoms with E-state index in [-0.39, 0.29) is 6.04 Å². The molecule has 5 heteroatoms. The van der Waals surface area contributed by atoms with Gasteiger partial charge < -0.3 is 4.57 Å². The fraction of sp³-hybridized carbons (Fsp3) is 0.364. The van der Waals surface area contributed by atoms with Crippen molar-refractivity contribution in [3.8, 4) is 0 Å². The van der Waals surface area contributed by atoms with Crippen LogP contribution in [0.5, 0.6) is 0 Å². The molecule has 0 radical (unpaired) electrons. The minimum Gasteiger partial charge on any atom is -0.328 e. The van der Waals surface area contributed by atoms with Crippen molar-refractivity contribution >= 4 is 11.6 Å². The molecule has 4 nitrogen and oxygen atoms in total. The molecule has 0 aromatic carbocycles. The van der Waals surface area contributed by atoms with Crippen LogP contribution in [0.2, 0.25) is 5.02 Å². The summed E-state index contributed by atoms with van der Waals surface area (Å²) in [6.45, 7) is 2.14. The highest BCUT2D eigenvalue weighted by Gasteiger charge is 2.14. The second-order valence-corrected chi connectivity index (χ2v) is 4.05. The molecule has 0 spiro atoms. The molecule has 16 heavy (non-hydrogen) atoms. The molecule has 1 unspecified atom stereocenters. The van der Waals surface area contributed by atoms with Gasteiger partial charge in [-0.2, -0.15) is 10.2 Å². The van der Waals surface area contributed by atoms with E-state index in [1.54, 1.807) is 18.7 Å². The number of halogens is 1. The highest BCUT2D eigenvalue weighted by molar-refractivity contribution is 6.30. The van der Waals surface area contributed by atoms with Crippen molar-refractivity contribution in [2.75, 3.05) is 0 Å². The zero-order valence-corrected chi connectivity index (χ0v) is 9.80. The van der Waals surface area contributed by atoms with Gasteiger partial charge in [0.2, 0.25) is 0 Å². The quantitative estimate of drug-likeness (QED) is 0.820. The number of imidazole rings is 1. The summed E-state index contributed by atoms with van der Waals surface area (Å²) in [7, 11) is 0. The molecular formula is C11H13ClN4. The van der Waals surface area contributed by atoms with E-state index in [1.807, 2.05) is 16.8 Å². The Morgan fingerprint density at radius 1 is 1.50 bits per heavy atom. The number of nitrogens with zero attached hydrogens (tertiary/aromatic N) is 4. The third kappa shape index (κ3) is 2.39. The Morgan fingerprint density at radius 2 is 2.38 bits per heavy atom. The maximum absolute atomic E-state index is 5.92. The molecule has 2 heterocycles. The van der Waals surface area contributed by atoms with Gasteiger partial charge in [-0.15, -0.1) is 0 Å². The van der Waals surface area contributed by atoms with Crippen LogP contribution >= 0.6 is 11.6 Å². The van der Waals surface area contributed by atoms with Crippen LogP contribution < -0.4 is 0 Å². The molecule has 0 bridgehead atoms. The van der Waals surface area contributed by atoms with E-state index in [9.17, 15) is 0 Å². The third-order valence-corrected chi connectivity index (χ3v) is 2.64. The van der Waals surface area contributed by atoms with Gasteiger partial charge >= 0.3 is 0 Å². The fourth-order valence-electron chi connectivity index (χ4n) is 1.70. The summed E-state index contributed by atoms with van der Waals surface area (Å²) in [5.41, 5.74) is 0.882. The molecule has 0 aliphatic heterocycles. The zero-order valence-electron chi connectivity index (χ0n) is 9.05. The maximum atomic E-state index is 5.92. The van der Waals surface area contributed by atoms with Crippen LogP contribution in [-0.4, -0.2) is 19.7 Å². The maximum Gasteiger partial charge on any atom is 0.0952 e. The molecule has 1 atom stereocenters. The number of aromatic nitrogens is 4. The average molecular weight is 237 g/mol. The van der Waals surface area contributed by atoms with Crippen molar-refractivity contribution in [3.63, 3.8) is 0 Å². The van der Waals surface area contributed by atoms with Crippen LogP contribution in [0, 0.1) is 0 Å². The lowest BCUT2D eigenvalue weighted by atomic mass is 10.1. The lowest BCUT2D eigenvalue weighted by Crippen LogP contribution is -2.11. The van der Waals surface area contributed by atoms with Gasteiger partial charge in [-0.3, -0.25) is 0 Å². The van der Waals surface area contributed by atoms with E-state index >= 15 is 0 Å². The first kappa shape index (κ1) is 11.1. The first-order valence-electron chi connectivity index (χ1n) is 5.27. The molecule has 0 amide bonds. The van der Waals surface area contributed by atoms with Gasteiger partial charge in [-0.25, -0.2) is 4.98 Å². The second kappa shape index (κ2) is 5.07. The summed E-state index contributed by atoms with van der Waals surface area (Å²) in [4.78, 5) is 4.06. The summed E-state index contributed by atoms with van der Waals surface area (Å²) in [6, 6.07) is 2.02. The Balaban J connectivity index is 2.33. The number of hydrogen-bond donors (Lipinski definition) is 0. The Morgan fingerprint density at radius 3 is 3.00 bits per heavy atom. The number of hydrogen-bond acceptors (Lipinski definition) is 3. The number of rotatable bonds is 4. The summed E-state index contributed by atoms with van der Waals surface area (Å²) in [6.07, 6.45) is 9.09. The highest BCUT2D eigenvalue weighted by atomic mass is 35.5. The predicted octanol–water partition coefficient (Wildman–Crippen LogP) is 2.72. The normalized spacial score (nSPS) is 12.6. The standard InChI is InChI=1S/C11H13ClN4/c1-2-3-11(16-5-4-13-8-16)10-6-9(12)7-14-15-10/h4-8,11H,2-3H2,1H3. The van der Waals surface area contributed by atoms with Crippen LogP contribution in [0.4, 0.5) is 0 Å². The van der Waals surface area contributed by atoms with Crippen molar-refractivity contribution in [1.82, 2.24) is 19.7 Å². The zero-order chi connectivity index (χ0) is 11.4. The molecule has 0 saturated heterocycles. The predicted molar refractivity (Wildman–Crippen MR) is 62.3 cm³/mol. The molecule has 2 aromatic rings. The molecule has 2 rings (SSSR count). The largest absolute Gasteiger partial charge is 0.328 e. The minimum absolute atomic E-state index is 0.165. The van der Waals surface area contributed by atoms with Crippen molar-refractivity contribution in [2.24, 2.45) is 0 Å². The van der Waals surface area contributed by atoms with E-state index in [4.69, 9.17) is 11.6 Å². The Kier molecular flexibility index (Phi) is 3.51. The first-order valence-corrected chi connectivity index (χ1v) is 5.64. The van der Waals surface area contributed by atoms with E-state index in [2.05, 4.69) is 22.1 Å². The monoisotopic (exact) mass is 236 g/mol. The molecule has 84 valence electrons. The van der Waals surface area contributed by atoms with Crippen molar-refractivity contribution in [3.05, 3.63) is 41.7 Å². The second-order valence-electron chi connectivity index (χ2n) is 3.61. The van der Waals surface area contributed by atoms with Crippen LogP contribution in [-0.2, 0) is 0 Å². The molecule has 2 aromatic heterocycles. The first-order chi connectivity index (χ1) is 7.81. The van der Waals surface area contributed by atoms with E-state index < -0.39 is 0 Å². The summed E-state index contributed by atoms with van der Waals surface area (Å²) >= 11 is 5.92. The van der Waals surface area contributed by atoms with Crippen molar-refractivity contribution < 1.29 is 0 Å². The minimum atomic E-state index is 0.165. The summed E-state index contributed by atoms with van der Waals surface area (Å²) < 4.78 is 2.03. The van der Waals surface area contributed by atoms with Gasteiger partial charge in [-0.1, -0.05) is 24.9 Å².